The highest BCUT2D eigenvalue weighted by atomic mass is 32.2. The third-order valence-electron chi connectivity index (χ3n) is 4.74. The van der Waals surface area contributed by atoms with E-state index in [9.17, 15) is 13.2 Å². The summed E-state index contributed by atoms with van der Waals surface area (Å²) in [4.78, 5) is 13.9. The lowest BCUT2D eigenvalue weighted by atomic mass is 9.91. The minimum absolute atomic E-state index is 0.0595. The standard InChI is InChI=1S/C18H28N2O3S/c1-15(19)17-9-11-20(12-10-17)18(21)14-24(22,23)13-5-8-16-6-3-2-4-7-16/h2-4,6-7,15,17H,5,8-14,19H2,1H3. The number of amides is 1. The van der Waals surface area contributed by atoms with Gasteiger partial charge in [0, 0.05) is 19.1 Å². The highest BCUT2D eigenvalue weighted by molar-refractivity contribution is 7.92. The van der Waals surface area contributed by atoms with E-state index in [1.165, 1.54) is 0 Å². The molecule has 1 aliphatic rings. The number of sulfone groups is 1. The van der Waals surface area contributed by atoms with Gasteiger partial charge in [0.05, 0.1) is 5.75 Å². The minimum Gasteiger partial charge on any atom is -0.342 e. The summed E-state index contributed by atoms with van der Waals surface area (Å²) in [5.41, 5.74) is 7.02. The van der Waals surface area contributed by atoms with Crippen molar-refractivity contribution in [2.75, 3.05) is 24.6 Å². The summed E-state index contributed by atoms with van der Waals surface area (Å²) in [5, 5.41) is 0. The molecule has 2 rings (SSSR count). The molecule has 1 heterocycles. The third kappa shape index (κ3) is 5.91. The molecule has 0 bridgehead atoms. The molecule has 1 aromatic rings. The number of carbonyl (C=O) groups excluding carboxylic acids is 1. The number of carbonyl (C=O) groups is 1. The summed E-state index contributed by atoms with van der Waals surface area (Å²) in [6.45, 7) is 3.22. The van der Waals surface area contributed by atoms with Crippen molar-refractivity contribution in [1.82, 2.24) is 4.90 Å². The van der Waals surface area contributed by atoms with Crippen molar-refractivity contribution in [2.24, 2.45) is 11.7 Å². The second-order valence-corrected chi connectivity index (χ2v) is 8.94. The maximum Gasteiger partial charge on any atom is 0.237 e. The predicted octanol–water partition coefficient (Wildman–Crippen LogP) is 1.62. The zero-order valence-corrected chi connectivity index (χ0v) is 15.2. The quantitative estimate of drug-likeness (QED) is 0.808. The van der Waals surface area contributed by atoms with Crippen molar-refractivity contribution in [3.8, 4) is 0 Å². The van der Waals surface area contributed by atoms with Crippen LogP contribution in [0.25, 0.3) is 0 Å². The predicted molar refractivity (Wildman–Crippen MR) is 96.4 cm³/mol. The molecule has 1 unspecified atom stereocenters. The van der Waals surface area contributed by atoms with Crippen LogP contribution in [0.2, 0.25) is 0 Å². The summed E-state index contributed by atoms with van der Waals surface area (Å²) in [7, 11) is -3.35. The molecule has 0 radical (unpaired) electrons. The Hall–Kier alpha value is -1.40. The molecule has 5 nitrogen and oxygen atoms in total. The molecule has 1 atom stereocenters. The van der Waals surface area contributed by atoms with E-state index >= 15 is 0 Å². The molecular formula is C18H28N2O3S. The van der Waals surface area contributed by atoms with E-state index < -0.39 is 9.84 Å². The zero-order chi connectivity index (χ0) is 17.6. The van der Waals surface area contributed by atoms with Gasteiger partial charge < -0.3 is 10.6 Å². The molecule has 1 aliphatic heterocycles. The topological polar surface area (TPSA) is 80.5 Å². The van der Waals surface area contributed by atoms with Gasteiger partial charge in [-0.1, -0.05) is 30.3 Å². The molecule has 1 aromatic carbocycles. The third-order valence-corrected chi connectivity index (χ3v) is 6.34. The molecule has 2 N–H and O–H groups in total. The second-order valence-electron chi connectivity index (χ2n) is 6.76. The van der Waals surface area contributed by atoms with E-state index in [0.29, 0.717) is 31.8 Å². The van der Waals surface area contributed by atoms with Crippen LogP contribution in [0.3, 0.4) is 0 Å². The lowest BCUT2D eigenvalue weighted by molar-refractivity contribution is -0.129. The fourth-order valence-electron chi connectivity index (χ4n) is 3.17. The molecule has 1 fully saturated rings. The Kier molecular flexibility index (Phi) is 6.80. The Morgan fingerprint density at radius 2 is 1.88 bits per heavy atom. The van der Waals surface area contributed by atoms with E-state index in [2.05, 4.69) is 0 Å². The van der Waals surface area contributed by atoms with Gasteiger partial charge in [0.25, 0.3) is 0 Å². The smallest absolute Gasteiger partial charge is 0.237 e. The summed E-state index contributed by atoms with van der Waals surface area (Å²) in [5.74, 6) is -0.149. The molecule has 0 aromatic heterocycles. The van der Waals surface area contributed by atoms with Crippen LogP contribution in [0.5, 0.6) is 0 Å². The first-order valence-corrected chi connectivity index (χ1v) is 10.5. The number of aryl methyl sites for hydroxylation is 1. The van der Waals surface area contributed by atoms with Crippen LogP contribution in [0.1, 0.15) is 31.7 Å². The summed E-state index contributed by atoms with van der Waals surface area (Å²) >= 11 is 0. The van der Waals surface area contributed by atoms with Crippen LogP contribution in [-0.4, -0.2) is 49.9 Å². The van der Waals surface area contributed by atoms with Crippen molar-refractivity contribution in [3.05, 3.63) is 35.9 Å². The molecular weight excluding hydrogens is 324 g/mol. The molecule has 1 saturated heterocycles. The Labute approximate surface area is 145 Å². The van der Waals surface area contributed by atoms with E-state index in [1.54, 1.807) is 4.90 Å². The Morgan fingerprint density at radius 1 is 1.25 bits per heavy atom. The summed E-state index contributed by atoms with van der Waals surface area (Å²) in [6, 6.07) is 9.93. The number of benzene rings is 1. The van der Waals surface area contributed by atoms with Gasteiger partial charge in [-0.3, -0.25) is 4.79 Å². The Balaban J connectivity index is 1.76. The van der Waals surface area contributed by atoms with E-state index in [-0.39, 0.29) is 23.5 Å². The Bertz CT molecular complexity index is 621. The normalized spacial score (nSPS) is 17.7. The van der Waals surface area contributed by atoms with Crippen LogP contribution < -0.4 is 5.73 Å². The van der Waals surface area contributed by atoms with E-state index in [4.69, 9.17) is 5.73 Å². The summed E-state index contributed by atoms with van der Waals surface area (Å²) < 4.78 is 24.4. The fraction of sp³-hybridized carbons (Fsp3) is 0.611. The van der Waals surface area contributed by atoms with Crippen LogP contribution >= 0.6 is 0 Å². The molecule has 0 aliphatic carbocycles. The number of hydrogen-bond donors (Lipinski definition) is 1. The van der Waals surface area contributed by atoms with Crippen LogP contribution in [-0.2, 0) is 21.1 Å². The van der Waals surface area contributed by atoms with Gasteiger partial charge in [-0.15, -0.1) is 0 Å². The number of hydrogen-bond acceptors (Lipinski definition) is 4. The number of piperidine rings is 1. The largest absolute Gasteiger partial charge is 0.342 e. The van der Waals surface area contributed by atoms with Crippen LogP contribution in [0.15, 0.2) is 30.3 Å². The zero-order valence-electron chi connectivity index (χ0n) is 14.4. The lowest BCUT2D eigenvalue weighted by Gasteiger charge is -2.33. The van der Waals surface area contributed by atoms with Gasteiger partial charge in [0.1, 0.15) is 5.75 Å². The monoisotopic (exact) mass is 352 g/mol. The molecule has 0 spiro atoms. The highest BCUT2D eigenvalue weighted by Gasteiger charge is 2.27. The van der Waals surface area contributed by atoms with Crippen molar-refractivity contribution in [1.29, 1.82) is 0 Å². The first-order chi connectivity index (χ1) is 11.4. The van der Waals surface area contributed by atoms with Gasteiger partial charge in [-0.05, 0) is 44.1 Å². The van der Waals surface area contributed by atoms with Crippen molar-refractivity contribution >= 4 is 15.7 Å². The maximum absolute atomic E-state index is 12.2. The molecule has 1 amide bonds. The van der Waals surface area contributed by atoms with Crippen molar-refractivity contribution in [2.45, 2.75) is 38.6 Å². The second kappa shape index (κ2) is 8.62. The SMILES string of the molecule is CC(N)C1CCN(C(=O)CS(=O)(=O)CCCc2ccccc2)CC1. The van der Waals surface area contributed by atoms with Crippen LogP contribution in [0, 0.1) is 5.92 Å². The maximum atomic E-state index is 12.2. The number of nitrogens with two attached hydrogens (primary N) is 1. The average molecular weight is 353 g/mol. The lowest BCUT2D eigenvalue weighted by Crippen LogP contribution is -2.44. The van der Waals surface area contributed by atoms with Crippen LogP contribution in [0.4, 0.5) is 0 Å². The summed E-state index contributed by atoms with van der Waals surface area (Å²) in [6.07, 6.45) is 2.98. The van der Waals surface area contributed by atoms with Gasteiger partial charge in [0.2, 0.25) is 5.91 Å². The minimum atomic E-state index is -3.35. The van der Waals surface area contributed by atoms with E-state index in [0.717, 1.165) is 18.4 Å². The highest BCUT2D eigenvalue weighted by Crippen LogP contribution is 2.19. The van der Waals surface area contributed by atoms with Gasteiger partial charge in [-0.2, -0.15) is 0 Å². The first-order valence-electron chi connectivity index (χ1n) is 8.65. The Morgan fingerprint density at radius 3 is 2.46 bits per heavy atom. The molecule has 6 heteroatoms. The van der Waals surface area contributed by atoms with Gasteiger partial charge in [0.15, 0.2) is 9.84 Å². The first kappa shape index (κ1) is 18.9. The molecule has 0 saturated carbocycles. The number of likely N-dealkylation sites (tertiary alicyclic amines) is 1. The van der Waals surface area contributed by atoms with E-state index in [1.807, 2.05) is 37.3 Å². The van der Waals surface area contributed by atoms with Crippen molar-refractivity contribution < 1.29 is 13.2 Å². The van der Waals surface area contributed by atoms with Crippen molar-refractivity contribution in [3.63, 3.8) is 0 Å². The fourth-order valence-corrected chi connectivity index (χ4v) is 4.45. The number of rotatable bonds is 7. The van der Waals surface area contributed by atoms with Gasteiger partial charge in [-0.25, -0.2) is 8.42 Å². The van der Waals surface area contributed by atoms with Gasteiger partial charge >= 0.3 is 0 Å². The molecule has 134 valence electrons. The molecule has 24 heavy (non-hydrogen) atoms. The average Bonchev–Trinajstić information content (AvgIpc) is 2.55. The number of nitrogens with zero attached hydrogens (tertiary/aromatic N) is 1.